The zero-order chi connectivity index (χ0) is 29.2. The molecule has 0 rings (SSSR count). The van der Waals surface area contributed by atoms with E-state index in [1.807, 2.05) is 13.8 Å². The van der Waals surface area contributed by atoms with E-state index in [2.05, 4.69) is 18.6 Å². The minimum atomic E-state index is -0.711. The van der Waals surface area contributed by atoms with Gasteiger partial charge in [0.1, 0.15) is 19.8 Å². The van der Waals surface area contributed by atoms with E-state index >= 15 is 0 Å². The third-order valence-corrected chi connectivity index (χ3v) is 3.95. The highest BCUT2D eigenvalue weighted by Crippen LogP contribution is 2.01. The van der Waals surface area contributed by atoms with Crippen LogP contribution in [0.2, 0.25) is 0 Å². The Morgan fingerprint density at radius 1 is 0.486 bits per heavy atom. The first-order valence-corrected chi connectivity index (χ1v) is 13.2. The van der Waals surface area contributed by atoms with Gasteiger partial charge in [-0.25, -0.2) is 0 Å². The number of aliphatic hydroxyl groups excluding tert-OH is 3. The number of aliphatic hydroxyl groups is 3. The van der Waals surface area contributed by atoms with Gasteiger partial charge in [-0.1, -0.05) is 53.4 Å². The summed E-state index contributed by atoms with van der Waals surface area (Å²) < 4.78 is 14.4. The van der Waals surface area contributed by atoms with E-state index in [9.17, 15) is 19.2 Å². The number of esters is 3. The van der Waals surface area contributed by atoms with Gasteiger partial charge in [0, 0.05) is 25.7 Å². The fourth-order valence-electron chi connectivity index (χ4n) is 2.14. The van der Waals surface area contributed by atoms with Crippen LogP contribution in [-0.4, -0.2) is 83.9 Å². The maximum Gasteiger partial charge on any atom is 0.305 e. The van der Waals surface area contributed by atoms with Crippen molar-refractivity contribution in [1.29, 1.82) is 0 Å². The van der Waals surface area contributed by atoms with Crippen LogP contribution >= 0.6 is 0 Å². The molecule has 0 atom stereocenters. The molecule has 0 spiro atoms. The van der Waals surface area contributed by atoms with Gasteiger partial charge in [0.15, 0.2) is 0 Å². The second kappa shape index (κ2) is 38.3. The van der Waals surface area contributed by atoms with Gasteiger partial charge in [0.05, 0.1) is 19.8 Å². The number of unbranched alkanes of at least 4 members (excludes halogenated alkanes) is 4. The van der Waals surface area contributed by atoms with Crippen LogP contribution in [0.1, 0.15) is 105 Å². The van der Waals surface area contributed by atoms with Crippen molar-refractivity contribution in [3.63, 3.8) is 0 Å². The molecular weight excluding hydrogens is 488 g/mol. The van der Waals surface area contributed by atoms with Gasteiger partial charge in [-0.05, 0) is 25.7 Å². The standard InChI is InChI=1S/C12H22O4.C8H16O3.C4H8O2.C2H6O2/c1-3-5-6-8-12(14)16-10-9-15-11(13)7-4-2;1-2-3-4-5-8(10)11-7-6-9;1-2-3-4(5)6;3-1-2-4/h3-10H2,1-2H3;9H,2-7H2,1H3;2-3H2,1H3,(H,5,6);3-4H,1-2H2. The quantitative estimate of drug-likeness (QED) is 0.114. The summed E-state index contributed by atoms with van der Waals surface area (Å²) in [5, 5.41) is 31.5. The van der Waals surface area contributed by atoms with Crippen molar-refractivity contribution in [1.82, 2.24) is 0 Å². The number of aliphatic carboxylic acids is 1. The maximum absolute atomic E-state index is 11.1. The molecule has 0 radical (unpaired) electrons. The monoisotopic (exact) mass is 540 g/mol. The van der Waals surface area contributed by atoms with Gasteiger partial charge < -0.3 is 34.6 Å². The average Bonchev–Trinajstić information content (AvgIpc) is 2.87. The average molecular weight is 541 g/mol. The van der Waals surface area contributed by atoms with Crippen LogP contribution in [0, 0.1) is 0 Å². The number of rotatable bonds is 18. The third-order valence-electron chi connectivity index (χ3n) is 3.95. The lowest BCUT2D eigenvalue weighted by Gasteiger charge is -2.05. The number of carboxylic acids is 1. The van der Waals surface area contributed by atoms with Crippen LogP contribution in [-0.2, 0) is 33.4 Å². The van der Waals surface area contributed by atoms with Crippen molar-refractivity contribution in [2.45, 2.75) is 105 Å². The van der Waals surface area contributed by atoms with Crippen LogP contribution in [0.15, 0.2) is 0 Å². The van der Waals surface area contributed by atoms with Gasteiger partial charge in [0.25, 0.3) is 0 Å². The Morgan fingerprint density at radius 2 is 0.865 bits per heavy atom. The van der Waals surface area contributed by atoms with E-state index in [1.54, 1.807) is 0 Å². The second-order valence-electron chi connectivity index (χ2n) is 7.64. The zero-order valence-corrected chi connectivity index (χ0v) is 23.4. The highest BCUT2D eigenvalue weighted by Gasteiger charge is 2.04. The Hall–Kier alpha value is -2.24. The molecule has 0 saturated carbocycles. The molecular formula is C26H52O11. The lowest BCUT2D eigenvalue weighted by atomic mass is 10.2. The van der Waals surface area contributed by atoms with Crippen molar-refractivity contribution in [2.24, 2.45) is 0 Å². The Kier molecular flexibility index (Phi) is 43.3. The van der Waals surface area contributed by atoms with Gasteiger partial charge >= 0.3 is 23.9 Å². The van der Waals surface area contributed by atoms with E-state index in [4.69, 9.17) is 29.9 Å². The predicted octanol–water partition coefficient (Wildman–Crippen LogP) is 3.40. The summed E-state index contributed by atoms with van der Waals surface area (Å²) in [6.45, 7) is 8.05. The first-order chi connectivity index (χ1) is 17.7. The number of hydrogen-bond acceptors (Lipinski definition) is 10. The summed E-state index contributed by atoms with van der Waals surface area (Å²) in [4.78, 5) is 42.4. The molecule has 37 heavy (non-hydrogen) atoms. The lowest BCUT2D eigenvalue weighted by molar-refractivity contribution is -0.152. The SMILES string of the molecule is CCCC(=O)O.CCCCCC(=O)OCCO.CCCCCC(=O)OCCOC(=O)CCC.OCCO. The van der Waals surface area contributed by atoms with Crippen molar-refractivity contribution in [3.05, 3.63) is 0 Å². The molecule has 0 fully saturated rings. The molecule has 0 aromatic carbocycles. The smallest absolute Gasteiger partial charge is 0.305 e. The van der Waals surface area contributed by atoms with Crippen LogP contribution in [0.25, 0.3) is 0 Å². The maximum atomic E-state index is 11.1. The first-order valence-electron chi connectivity index (χ1n) is 13.2. The molecule has 4 N–H and O–H groups in total. The molecule has 0 aliphatic carbocycles. The normalized spacial score (nSPS) is 9.27. The van der Waals surface area contributed by atoms with Crippen molar-refractivity contribution in [2.75, 3.05) is 39.6 Å². The summed E-state index contributed by atoms with van der Waals surface area (Å²) in [6, 6.07) is 0. The highest BCUT2D eigenvalue weighted by molar-refractivity contribution is 5.70. The largest absolute Gasteiger partial charge is 0.481 e. The molecule has 11 heteroatoms. The highest BCUT2D eigenvalue weighted by atomic mass is 16.6. The fourth-order valence-corrected chi connectivity index (χ4v) is 2.14. The minimum absolute atomic E-state index is 0.0838. The summed E-state index contributed by atoms with van der Waals surface area (Å²) in [5.41, 5.74) is 0. The second-order valence-corrected chi connectivity index (χ2v) is 7.64. The molecule has 11 nitrogen and oxygen atoms in total. The summed E-state index contributed by atoms with van der Waals surface area (Å²) in [5.74, 6) is -1.35. The van der Waals surface area contributed by atoms with Crippen LogP contribution in [0.5, 0.6) is 0 Å². The number of carbonyl (C=O) groups is 4. The molecule has 0 heterocycles. The molecule has 0 aliphatic heterocycles. The van der Waals surface area contributed by atoms with E-state index in [0.29, 0.717) is 25.7 Å². The number of ether oxygens (including phenoxy) is 3. The number of carbonyl (C=O) groups excluding carboxylic acids is 3. The minimum Gasteiger partial charge on any atom is -0.481 e. The molecule has 0 aromatic rings. The van der Waals surface area contributed by atoms with E-state index in [0.717, 1.165) is 51.4 Å². The Balaban J connectivity index is -0.000000223. The molecule has 0 unspecified atom stereocenters. The molecule has 0 saturated heterocycles. The Labute approximate surface area is 222 Å². The number of hydrogen-bond donors (Lipinski definition) is 4. The molecule has 0 amide bonds. The summed E-state index contributed by atoms with van der Waals surface area (Å²) in [7, 11) is 0. The van der Waals surface area contributed by atoms with E-state index < -0.39 is 5.97 Å². The van der Waals surface area contributed by atoms with Crippen LogP contribution in [0.3, 0.4) is 0 Å². The van der Waals surface area contributed by atoms with Crippen molar-refractivity contribution in [3.8, 4) is 0 Å². The van der Waals surface area contributed by atoms with Crippen LogP contribution < -0.4 is 0 Å². The summed E-state index contributed by atoms with van der Waals surface area (Å²) in [6.07, 6.45) is 9.20. The predicted molar refractivity (Wildman–Crippen MR) is 140 cm³/mol. The molecule has 0 bridgehead atoms. The Morgan fingerprint density at radius 3 is 1.14 bits per heavy atom. The van der Waals surface area contributed by atoms with Crippen molar-refractivity contribution < 1.29 is 53.8 Å². The van der Waals surface area contributed by atoms with Gasteiger partial charge in [-0.2, -0.15) is 0 Å². The van der Waals surface area contributed by atoms with Crippen LogP contribution in [0.4, 0.5) is 0 Å². The lowest BCUT2D eigenvalue weighted by Crippen LogP contribution is -2.13. The summed E-state index contributed by atoms with van der Waals surface area (Å²) >= 11 is 0. The first kappa shape index (κ1) is 41.9. The van der Waals surface area contributed by atoms with E-state index in [1.165, 1.54) is 0 Å². The molecule has 0 aliphatic rings. The van der Waals surface area contributed by atoms with Gasteiger partial charge in [0.2, 0.25) is 0 Å². The van der Waals surface area contributed by atoms with Gasteiger partial charge in [-0.15, -0.1) is 0 Å². The fraction of sp³-hybridized carbons (Fsp3) is 0.846. The van der Waals surface area contributed by atoms with E-state index in [-0.39, 0.29) is 57.5 Å². The molecule has 222 valence electrons. The molecule has 0 aromatic heterocycles. The topological polar surface area (TPSA) is 177 Å². The van der Waals surface area contributed by atoms with Gasteiger partial charge in [-0.3, -0.25) is 19.2 Å². The van der Waals surface area contributed by atoms with Crippen molar-refractivity contribution >= 4 is 23.9 Å². The number of carboxylic acid groups (broad SMARTS) is 1. The zero-order valence-electron chi connectivity index (χ0n) is 23.4. The third kappa shape index (κ3) is 51.3. The Bertz CT molecular complexity index is 509.